The molecule has 4 aliphatic carbocycles. The summed E-state index contributed by atoms with van der Waals surface area (Å²) >= 11 is 0. The first-order valence-corrected chi connectivity index (χ1v) is 17.0. The van der Waals surface area contributed by atoms with Crippen molar-refractivity contribution in [3.05, 3.63) is 83.5 Å². The number of aliphatic hydroxyl groups excluding tert-OH is 2. The average Bonchev–Trinajstić information content (AvgIpc) is 3.53. The van der Waals surface area contributed by atoms with Gasteiger partial charge in [-0.05, 0) is 81.0 Å². The molecule has 2 aromatic carbocycles. The third-order valence-corrected chi connectivity index (χ3v) is 13.5. The lowest BCUT2D eigenvalue weighted by Gasteiger charge is -2.63. The Labute approximate surface area is 266 Å². The van der Waals surface area contributed by atoms with Crippen LogP contribution in [0.3, 0.4) is 0 Å². The number of hydrogen-bond donors (Lipinski definition) is 2. The summed E-state index contributed by atoms with van der Waals surface area (Å²) in [4.78, 5) is 26.0. The highest BCUT2D eigenvalue weighted by Crippen LogP contribution is 2.72. The molecule has 4 fully saturated rings. The number of Topliss-reactive ketones (excluding diaryl/α,β-unsaturated/α-hetero) is 1. The van der Waals surface area contributed by atoms with E-state index in [9.17, 15) is 28.2 Å². The molecule has 0 unspecified atom stereocenters. The highest BCUT2D eigenvalue weighted by molar-refractivity contribution is 7.91. The summed E-state index contributed by atoms with van der Waals surface area (Å²) in [7, 11) is -3.80. The Morgan fingerprint density at radius 2 is 1.65 bits per heavy atom. The van der Waals surface area contributed by atoms with Gasteiger partial charge in [-0.3, -0.25) is 9.59 Å². The number of rotatable bonds is 5. The number of fused-ring (bicyclic) bond motifs is 7. The van der Waals surface area contributed by atoms with Crippen molar-refractivity contribution in [2.45, 2.75) is 85.8 Å². The molecule has 1 heterocycles. The first kappa shape index (κ1) is 31.5. The Morgan fingerprint density at radius 1 is 1.02 bits per heavy atom. The summed E-state index contributed by atoms with van der Waals surface area (Å²) in [6.45, 7) is 4.17. The molecule has 2 N–H and O–H groups in total. The van der Waals surface area contributed by atoms with Gasteiger partial charge in [-0.1, -0.05) is 42.8 Å². The zero-order valence-corrected chi connectivity index (χ0v) is 26.5. The van der Waals surface area contributed by atoms with Crippen LogP contribution in [0.1, 0.15) is 50.5 Å². The van der Waals surface area contributed by atoms with E-state index in [1.807, 2.05) is 6.92 Å². The maximum absolute atomic E-state index is 17.6. The molecule has 10 atom stereocenters. The summed E-state index contributed by atoms with van der Waals surface area (Å²) in [6, 6.07) is 12.4. The number of carbonyl (C=O) groups excluding carboxylic acids is 2. The predicted octanol–water partition coefficient (Wildman–Crippen LogP) is 4.47. The van der Waals surface area contributed by atoms with Crippen LogP contribution in [-0.2, 0) is 28.9 Å². The van der Waals surface area contributed by atoms with E-state index in [-0.39, 0.29) is 34.6 Å². The minimum atomic E-state index is -3.80. The smallest absolute Gasteiger partial charge is 0.206 e. The number of aliphatic hydroxyl groups is 2. The van der Waals surface area contributed by atoms with Gasteiger partial charge >= 0.3 is 0 Å². The number of carbonyl (C=O) groups is 2. The van der Waals surface area contributed by atoms with Gasteiger partial charge < -0.3 is 19.7 Å². The van der Waals surface area contributed by atoms with Crippen LogP contribution in [0.5, 0.6) is 0 Å². The number of hydrogen-bond acceptors (Lipinski definition) is 8. The monoisotopic (exact) mass is 654 g/mol. The molecule has 0 bridgehead atoms. The Hall–Kier alpha value is -3.09. The van der Waals surface area contributed by atoms with E-state index in [2.05, 4.69) is 0 Å². The van der Waals surface area contributed by atoms with Crippen molar-refractivity contribution < 1.29 is 46.5 Å². The number of allylic oxidation sites excluding steroid dienone is 4. The molecule has 1 saturated heterocycles. The summed E-state index contributed by atoms with van der Waals surface area (Å²) < 4.78 is 72.6. The third kappa shape index (κ3) is 3.92. The topological polar surface area (TPSA) is 127 Å². The lowest BCUT2D eigenvalue weighted by molar-refractivity contribution is -0.235. The highest BCUT2D eigenvalue weighted by atomic mass is 32.2. The second-order valence-electron chi connectivity index (χ2n) is 13.9. The fraction of sp³-hybridized carbons (Fsp3) is 0.486. The van der Waals surface area contributed by atoms with Gasteiger partial charge in [-0.2, -0.15) is 0 Å². The zero-order valence-electron chi connectivity index (χ0n) is 25.7. The quantitative estimate of drug-likeness (QED) is 0.484. The maximum Gasteiger partial charge on any atom is 0.206 e. The molecule has 2 aromatic rings. The van der Waals surface area contributed by atoms with Gasteiger partial charge in [0.05, 0.1) is 22.0 Å². The normalized spacial score (nSPS) is 41.3. The maximum atomic E-state index is 17.6. The molecule has 0 radical (unpaired) electrons. The lowest BCUT2D eigenvalue weighted by atomic mass is 9.44. The first-order chi connectivity index (χ1) is 21.6. The molecule has 3 saturated carbocycles. The fourth-order valence-electron chi connectivity index (χ4n) is 9.37. The molecule has 7 rings (SSSR count). The van der Waals surface area contributed by atoms with Crippen LogP contribution in [0.15, 0.2) is 82.1 Å². The zero-order chi connectivity index (χ0) is 33.0. The van der Waals surface area contributed by atoms with Crippen LogP contribution in [0.2, 0.25) is 0 Å². The van der Waals surface area contributed by atoms with Gasteiger partial charge in [-0.25, -0.2) is 17.2 Å². The largest absolute Gasteiger partial charge is 0.390 e. The van der Waals surface area contributed by atoms with Gasteiger partial charge in [0.2, 0.25) is 9.84 Å². The lowest BCUT2D eigenvalue weighted by Crippen LogP contribution is -2.70. The van der Waals surface area contributed by atoms with Crippen molar-refractivity contribution in [2.75, 3.05) is 6.61 Å². The number of halogens is 2. The Bertz CT molecular complexity index is 1790. The van der Waals surface area contributed by atoms with Crippen LogP contribution in [0, 0.1) is 29.6 Å². The van der Waals surface area contributed by atoms with E-state index < -0.39 is 86.6 Å². The van der Waals surface area contributed by atoms with Crippen molar-refractivity contribution in [1.82, 2.24) is 0 Å². The van der Waals surface area contributed by atoms with E-state index in [0.717, 1.165) is 11.6 Å². The van der Waals surface area contributed by atoms with Crippen molar-refractivity contribution in [3.63, 3.8) is 0 Å². The highest BCUT2D eigenvalue weighted by Gasteiger charge is 2.80. The molecule has 46 heavy (non-hydrogen) atoms. The molecular formula is C35H36F2O8S. The van der Waals surface area contributed by atoms with Crippen LogP contribution < -0.4 is 0 Å². The van der Waals surface area contributed by atoms with E-state index >= 15 is 8.78 Å². The molecule has 244 valence electrons. The number of ether oxygens (including phenoxy) is 2. The van der Waals surface area contributed by atoms with E-state index in [1.54, 1.807) is 19.1 Å². The summed E-state index contributed by atoms with van der Waals surface area (Å²) in [5, 5.41) is 21.8. The summed E-state index contributed by atoms with van der Waals surface area (Å²) in [5.41, 5.74) is -5.62. The summed E-state index contributed by atoms with van der Waals surface area (Å²) in [6.07, 6.45) is -2.13. The van der Waals surface area contributed by atoms with Crippen LogP contribution in [0.4, 0.5) is 8.78 Å². The third-order valence-electron chi connectivity index (χ3n) is 11.7. The van der Waals surface area contributed by atoms with Gasteiger partial charge in [-0.15, -0.1) is 0 Å². The fourth-order valence-corrected chi connectivity index (χ4v) is 10.6. The predicted molar refractivity (Wildman–Crippen MR) is 161 cm³/mol. The van der Waals surface area contributed by atoms with Crippen LogP contribution >= 0.6 is 0 Å². The van der Waals surface area contributed by atoms with Crippen molar-refractivity contribution >= 4 is 21.4 Å². The van der Waals surface area contributed by atoms with E-state index in [1.165, 1.54) is 55.5 Å². The van der Waals surface area contributed by atoms with Gasteiger partial charge in [0.15, 0.2) is 29.1 Å². The molecular weight excluding hydrogens is 618 g/mol. The second kappa shape index (κ2) is 10.2. The van der Waals surface area contributed by atoms with Gasteiger partial charge in [0, 0.05) is 22.3 Å². The average molecular weight is 655 g/mol. The minimum absolute atomic E-state index is 0.00106. The number of sulfone groups is 1. The van der Waals surface area contributed by atoms with Crippen LogP contribution in [0.25, 0.3) is 0 Å². The Balaban J connectivity index is 1.23. The minimum Gasteiger partial charge on any atom is -0.390 e. The van der Waals surface area contributed by atoms with Crippen molar-refractivity contribution in [1.29, 1.82) is 0 Å². The number of alkyl halides is 2. The van der Waals surface area contributed by atoms with Crippen molar-refractivity contribution in [3.8, 4) is 0 Å². The Kier molecular flexibility index (Phi) is 6.99. The SMILES string of the molecule is Cc1ccc(S(=O)(=O)c2ccc([C@@H]3O[C@@H]4C[C@H]5[C@@H]6C[C@H](F)C7=CC(=O)C=C[C@]7(C)[C@@]6(F)[C@@H](O)C[C@]5(C)[C@]4(C(=O)CO)O3)cc2)cc1. The second-order valence-corrected chi connectivity index (χ2v) is 15.8. The number of aryl methyl sites for hydroxylation is 1. The van der Waals surface area contributed by atoms with Crippen LogP contribution in [-0.4, -0.2) is 66.5 Å². The molecule has 8 nitrogen and oxygen atoms in total. The van der Waals surface area contributed by atoms with Gasteiger partial charge in [0.1, 0.15) is 12.8 Å². The standard InChI is InChI=1S/C35H36F2O8S/c1-19-4-8-22(9-5-19)46(42,43)23-10-6-20(7-11-23)31-44-30-16-24-25-15-27(36)26-14-21(39)12-13-32(26,2)34(25,37)28(40)17-33(24,3)35(30,45-31)29(41)18-38/h4-14,24-25,27-28,30-31,38,40H,15-18H2,1-3H3/t24-,25-,27-,28-,30+,31+,32-,33-,34-,35+/m0/s1. The molecule has 5 aliphatic rings. The summed E-state index contributed by atoms with van der Waals surface area (Å²) in [5.74, 6) is -2.86. The number of ketones is 2. The molecule has 11 heteroatoms. The van der Waals surface area contributed by atoms with E-state index in [4.69, 9.17) is 9.47 Å². The number of benzene rings is 2. The molecule has 1 aliphatic heterocycles. The first-order valence-electron chi connectivity index (χ1n) is 15.5. The van der Waals surface area contributed by atoms with Crippen molar-refractivity contribution in [2.24, 2.45) is 22.7 Å². The molecule has 0 spiro atoms. The van der Waals surface area contributed by atoms with Gasteiger partial charge in [0.25, 0.3) is 0 Å². The van der Waals surface area contributed by atoms with E-state index in [0.29, 0.717) is 5.56 Å². The molecule has 0 amide bonds. The Morgan fingerprint density at radius 3 is 2.28 bits per heavy atom. The molecule has 0 aromatic heterocycles.